The van der Waals surface area contributed by atoms with E-state index in [0.717, 1.165) is 12.1 Å². The van der Waals surface area contributed by atoms with Crippen molar-refractivity contribution in [1.29, 1.82) is 5.26 Å². The standard InChI is InChI=1S/C13H14N2O/c1-15-7-6-12(16)8-13(15)11-4-2-10(9-14)3-5-11/h2-5,13H,6-8H2,1H3. The van der Waals surface area contributed by atoms with Crippen molar-refractivity contribution >= 4 is 5.78 Å². The Morgan fingerprint density at radius 3 is 2.69 bits per heavy atom. The quantitative estimate of drug-likeness (QED) is 0.717. The van der Waals surface area contributed by atoms with E-state index in [1.54, 1.807) is 0 Å². The lowest BCUT2D eigenvalue weighted by Gasteiger charge is -2.31. The highest BCUT2D eigenvalue weighted by Gasteiger charge is 2.25. The second-order valence-corrected chi connectivity index (χ2v) is 4.22. The van der Waals surface area contributed by atoms with Crippen molar-refractivity contribution in [1.82, 2.24) is 4.90 Å². The molecule has 3 heteroatoms. The van der Waals surface area contributed by atoms with Gasteiger partial charge in [0.05, 0.1) is 11.6 Å². The molecule has 1 saturated heterocycles. The number of likely N-dealkylation sites (tertiary alicyclic amines) is 1. The Labute approximate surface area is 95.3 Å². The number of Topliss-reactive ketones (excluding diaryl/α,β-unsaturated/α-hetero) is 1. The average molecular weight is 214 g/mol. The number of hydrogen-bond donors (Lipinski definition) is 0. The predicted molar refractivity (Wildman–Crippen MR) is 60.8 cm³/mol. The molecule has 1 unspecified atom stereocenters. The van der Waals surface area contributed by atoms with Gasteiger partial charge in [0, 0.05) is 25.4 Å². The van der Waals surface area contributed by atoms with Crippen LogP contribution in [0.5, 0.6) is 0 Å². The first-order valence-electron chi connectivity index (χ1n) is 5.42. The smallest absolute Gasteiger partial charge is 0.136 e. The van der Waals surface area contributed by atoms with Crippen LogP contribution >= 0.6 is 0 Å². The van der Waals surface area contributed by atoms with Gasteiger partial charge >= 0.3 is 0 Å². The number of hydrogen-bond acceptors (Lipinski definition) is 3. The molecule has 16 heavy (non-hydrogen) atoms. The van der Waals surface area contributed by atoms with Crippen LogP contribution in [0.2, 0.25) is 0 Å². The highest BCUT2D eigenvalue weighted by Crippen LogP contribution is 2.27. The maximum absolute atomic E-state index is 11.4. The first kappa shape index (κ1) is 10.8. The van der Waals surface area contributed by atoms with Crippen molar-refractivity contribution in [2.45, 2.75) is 18.9 Å². The van der Waals surface area contributed by atoms with Crippen LogP contribution in [-0.4, -0.2) is 24.3 Å². The summed E-state index contributed by atoms with van der Waals surface area (Å²) < 4.78 is 0. The second-order valence-electron chi connectivity index (χ2n) is 4.22. The molecule has 82 valence electrons. The highest BCUT2D eigenvalue weighted by molar-refractivity contribution is 5.80. The van der Waals surface area contributed by atoms with Gasteiger partial charge in [0.15, 0.2) is 0 Å². The SMILES string of the molecule is CN1CCC(=O)CC1c1ccc(C#N)cc1. The van der Waals surface area contributed by atoms with Crippen molar-refractivity contribution in [3.8, 4) is 6.07 Å². The molecule has 2 rings (SSSR count). The van der Waals surface area contributed by atoms with Crippen molar-refractivity contribution in [2.75, 3.05) is 13.6 Å². The lowest BCUT2D eigenvalue weighted by atomic mass is 9.94. The van der Waals surface area contributed by atoms with E-state index in [9.17, 15) is 4.79 Å². The molecule has 1 atom stereocenters. The summed E-state index contributed by atoms with van der Waals surface area (Å²) in [5.41, 5.74) is 1.78. The summed E-state index contributed by atoms with van der Waals surface area (Å²) in [6.07, 6.45) is 1.24. The zero-order chi connectivity index (χ0) is 11.5. The summed E-state index contributed by atoms with van der Waals surface area (Å²) >= 11 is 0. The summed E-state index contributed by atoms with van der Waals surface area (Å²) in [4.78, 5) is 13.6. The van der Waals surface area contributed by atoms with Crippen molar-refractivity contribution in [2.24, 2.45) is 0 Å². The zero-order valence-corrected chi connectivity index (χ0v) is 9.31. The Morgan fingerprint density at radius 2 is 2.06 bits per heavy atom. The van der Waals surface area contributed by atoms with Gasteiger partial charge in [-0.25, -0.2) is 0 Å². The van der Waals surface area contributed by atoms with Gasteiger partial charge in [0.1, 0.15) is 5.78 Å². The fourth-order valence-corrected chi connectivity index (χ4v) is 2.08. The van der Waals surface area contributed by atoms with Crippen molar-refractivity contribution in [3.05, 3.63) is 35.4 Å². The Balaban J connectivity index is 2.22. The third-order valence-electron chi connectivity index (χ3n) is 3.12. The number of piperidine rings is 1. The van der Waals surface area contributed by atoms with Crippen LogP contribution in [0.15, 0.2) is 24.3 Å². The molecular formula is C13H14N2O. The molecule has 0 spiro atoms. The molecule has 0 amide bonds. The molecule has 1 heterocycles. The Morgan fingerprint density at radius 1 is 1.38 bits per heavy atom. The molecule has 1 aliphatic rings. The van der Waals surface area contributed by atoms with Crippen LogP contribution in [0, 0.1) is 11.3 Å². The molecule has 0 radical (unpaired) electrons. The third-order valence-corrected chi connectivity index (χ3v) is 3.12. The number of carbonyl (C=O) groups excluding carboxylic acids is 1. The number of rotatable bonds is 1. The van der Waals surface area contributed by atoms with Gasteiger partial charge in [-0.15, -0.1) is 0 Å². The molecule has 1 aromatic carbocycles. The van der Waals surface area contributed by atoms with E-state index in [2.05, 4.69) is 11.0 Å². The molecule has 0 N–H and O–H groups in total. The number of benzene rings is 1. The van der Waals surface area contributed by atoms with E-state index in [4.69, 9.17) is 5.26 Å². The predicted octanol–water partition coefficient (Wildman–Crippen LogP) is 1.89. The van der Waals surface area contributed by atoms with Gasteiger partial charge in [-0.3, -0.25) is 9.69 Å². The van der Waals surface area contributed by atoms with Gasteiger partial charge in [-0.2, -0.15) is 5.26 Å². The fourth-order valence-electron chi connectivity index (χ4n) is 2.08. The second kappa shape index (κ2) is 4.46. The van der Waals surface area contributed by atoms with Crippen LogP contribution in [0.1, 0.15) is 30.0 Å². The first-order chi connectivity index (χ1) is 7.70. The number of nitrogens with zero attached hydrogens (tertiary/aromatic N) is 2. The minimum Gasteiger partial charge on any atom is -0.300 e. The molecule has 0 aliphatic carbocycles. The molecular weight excluding hydrogens is 200 g/mol. The zero-order valence-electron chi connectivity index (χ0n) is 9.31. The van der Waals surface area contributed by atoms with Gasteiger partial charge in [-0.1, -0.05) is 12.1 Å². The molecule has 1 aliphatic heterocycles. The normalized spacial score (nSPS) is 21.8. The van der Waals surface area contributed by atoms with Crippen molar-refractivity contribution < 1.29 is 4.79 Å². The molecule has 1 aromatic rings. The fraction of sp³-hybridized carbons (Fsp3) is 0.385. The lowest BCUT2D eigenvalue weighted by Crippen LogP contribution is -2.33. The molecule has 0 bridgehead atoms. The molecule has 1 fully saturated rings. The number of carbonyl (C=O) groups is 1. The summed E-state index contributed by atoms with van der Waals surface area (Å²) in [5, 5.41) is 8.72. The van der Waals surface area contributed by atoms with Crippen LogP contribution < -0.4 is 0 Å². The Bertz CT molecular complexity index is 430. The van der Waals surface area contributed by atoms with E-state index in [1.807, 2.05) is 31.3 Å². The van der Waals surface area contributed by atoms with Crippen molar-refractivity contribution in [3.63, 3.8) is 0 Å². The van der Waals surface area contributed by atoms with Gasteiger partial charge in [-0.05, 0) is 24.7 Å². The summed E-state index contributed by atoms with van der Waals surface area (Å²) in [6, 6.07) is 9.77. The molecule has 3 nitrogen and oxygen atoms in total. The van der Waals surface area contributed by atoms with E-state index < -0.39 is 0 Å². The maximum atomic E-state index is 11.4. The number of nitriles is 1. The Kier molecular flexibility index (Phi) is 3.02. The van der Waals surface area contributed by atoms with Gasteiger partial charge < -0.3 is 0 Å². The van der Waals surface area contributed by atoms with E-state index in [1.165, 1.54) is 0 Å². The minimum absolute atomic E-state index is 0.175. The van der Waals surface area contributed by atoms with E-state index in [0.29, 0.717) is 24.2 Å². The minimum atomic E-state index is 0.175. The van der Waals surface area contributed by atoms with E-state index in [-0.39, 0.29) is 6.04 Å². The third kappa shape index (κ3) is 2.12. The van der Waals surface area contributed by atoms with Gasteiger partial charge in [0.2, 0.25) is 0 Å². The van der Waals surface area contributed by atoms with Crippen LogP contribution in [0.4, 0.5) is 0 Å². The summed E-state index contributed by atoms with van der Waals surface area (Å²) in [6.45, 7) is 0.823. The van der Waals surface area contributed by atoms with Crippen LogP contribution in [0.25, 0.3) is 0 Å². The topological polar surface area (TPSA) is 44.1 Å². The Hall–Kier alpha value is -1.66. The van der Waals surface area contributed by atoms with E-state index >= 15 is 0 Å². The largest absolute Gasteiger partial charge is 0.300 e. The summed E-state index contributed by atoms with van der Waals surface area (Å²) in [5.74, 6) is 0.326. The molecule has 0 saturated carbocycles. The van der Waals surface area contributed by atoms with Gasteiger partial charge in [0.25, 0.3) is 0 Å². The monoisotopic (exact) mass is 214 g/mol. The lowest BCUT2D eigenvalue weighted by molar-refractivity contribution is -0.122. The summed E-state index contributed by atoms with van der Waals surface area (Å²) in [7, 11) is 2.04. The highest BCUT2D eigenvalue weighted by atomic mass is 16.1. The number of ketones is 1. The van der Waals surface area contributed by atoms with Crippen LogP contribution in [0.3, 0.4) is 0 Å². The first-order valence-corrected chi connectivity index (χ1v) is 5.42. The maximum Gasteiger partial charge on any atom is 0.136 e. The van der Waals surface area contributed by atoms with Crippen LogP contribution in [-0.2, 0) is 4.79 Å². The molecule has 0 aromatic heterocycles. The average Bonchev–Trinajstić information content (AvgIpc) is 2.32.